The van der Waals surface area contributed by atoms with Gasteiger partial charge in [-0.15, -0.1) is 0 Å². The van der Waals surface area contributed by atoms with Crippen LogP contribution in [-0.4, -0.2) is 71.5 Å². The predicted octanol–water partition coefficient (Wildman–Crippen LogP) is 2.71. The lowest BCUT2D eigenvalue weighted by Crippen LogP contribution is -2.40. The molecule has 3 aromatic heterocycles. The summed E-state index contributed by atoms with van der Waals surface area (Å²) in [6, 6.07) is 8.73. The molecule has 2 amide bonds. The Kier molecular flexibility index (Phi) is 8.67. The van der Waals surface area contributed by atoms with Gasteiger partial charge in [0.15, 0.2) is 6.29 Å². The molecule has 2 aliphatic rings. The van der Waals surface area contributed by atoms with Gasteiger partial charge in [0.2, 0.25) is 5.88 Å². The molecule has 0 atom stereocenters. The molecule has 214 valence electrons. The first-order valence-corrected chi connectivity index (χ1v) is 13.3. The van der Waals surface area contributed by atoms with Crippen LogP contribution in [0.15, 0.2) is 42.4 Å². The number of methoxy groups -OCH3 is 1. The number of fused-ring (bicyclic) bond motifs is 1. The molecule has 13 heteroatoms. The minimum absolute atomic E-state index is 0.171. The van der Waals surface area contributed by atoms with Gasteiger partial charge in [0, 0.05) is 55.8 Å². The summed E-state index contributed by atoms with van der Waals surface area (Å²) in [5.41, 5.74) is 3.64. The second-order valence-corrected chi connectivity index (χ2v) is 9.59. The molecular formula is C29H28N8O5. The highest BCUT2D eigenvalue weighted by atomic mass is 16.5. The molecule has 0 saturated carbocycles. The monoisotopic (exact) mass is 568 g/mol. The summed E-state index contributed by atoms with van der Waals surface area (Å²) in [6.45, 7) is 2.17. The van der Waals surface area contributed by atoms with Crippen LogP contribution in [0.3, 0.4) is 0 Å². The van der Waals surface area contributed by atoms with Crippen molar-refractivity contribution in [3.05, 3.63) is 70.3 Å². The number of rotatable bonds is 8. The molecule has 0 aromatic carbocycles. The van der Waals surface area contributed by atoms with Gasteiger partial charge in [-0.2, -0.15) is 5.26 Å². The van der Waals surface area contributed by atoms with E-state index in [4.69, 9.17) is 9.47 Å². The lowest BCUT2D eigenvalue weighted by Gasteiger charge is -2.31. The van der Waals surface area contributed by atoms with Crippen molar-refractivity contribution in [2.24, 2.45) is 0 Å². The fourth-order valence-corrected chi connectivity index (χ4v) is 4.90. The average Bonchev–Trinajstić information content (AvgIpc) is 3.03. The van der Waals surface area contributed by atoms with Crippen LogP contribution in [-0.2, 0) is 29.0 Å². The van der Waals surface area contributed by atoms with E-state index in [-0.39, 0.29) is 18.1 Å². The molecular weight excluding hydrogens is 540 g/mol. The largest absolute Gasteiger partial charge is 0.481 e. The number of aldehydes is 1. The third kappa shape index (κ3) is 6.05. The zero-order chi connectivity index (χ0) is 29.5. The number of carbonyl (C=O) groups excluding carboxylic acids is 3. The van der Waals surface area contributed by atoms with E-state index < -0.39 is 6.03 Å². The van der Waals surface area contributed by atoms with Crippen molar-refractivity contribution in [3.8, 4) is 11.9 Å². The molecule has 1 saturated heterocycles. The minimum atomic E-state index is -0.468. The summed E-state index contributed by atoms with van der Waals surface area (Å²) in [7, 11) is 1.53. The van der Waals surface area contributed by atoms with E-state index in [1.807, 2.05) is 23.0 Å². The van der Waals surface area contributed by atoms with Gasteiger partial charge in [-0.05, 0) is 30.5 Å². The zero-order valence-electron chi connectivity index (χ0n) is 22.9. The number of carbonyl (C=O) groups is 2. The quantitative estimate of drug-likeness (QED) is 0.303. The highest BCUT2D eigenvalue weighted by Gasteiger charge is 2.27. The molecule has 5 heterocycles. The van der Waals surface area contributed by atoms with Crippen molar-refractivity contribution < 1.29 is 23.9 Å². The van der Waals surface area contributed by atoms with E-state index in [9.17, 15) is 19.6 Å². The van der Waals surface area contributed by atoms with Crippen LogP contribution in [0.5, 0.6) is 5.88 Å². The van der Waals surface area contributed by atoms with Crippen molar-refractivity contribution in [1.82, 2.24) is 19.9 Å². The van der Waals surface area contributed by atoms with E-state index in [2.05, 4.69) is 31.7 Å². The molecule has 13 nitrogen and oxygen atoms in total. The normalized spacial score (nSPS) is 14.3. The van der Waals surface area contributed by atoms with Crippen molar-refractivity contribution in [2.75, 3.05) is 48.9 Å². The number of anilines is 3. The molecule has 42 heavy (non-hydrogen) atoms. The lowest BCUT2D eigenvalue weighted by molar-refractivity contribution is 0.0718. The number of amides is 2. The number of nitrogens with zero attached hydrogens (tertiary/aromatic N) is 6. The maximum Gasteiger partial charge on any atom is 0.328 e. The number of aryl methyl sites for hydroxylation is 1. The molecule has 2 aliphatic heterocycles. The Morgan fingerprint density at radius 1 is 1.26 bits per heavy atom. The van der Waals surface area contributed by atoms with Gasteiger partial charge in [0.05, 0.1) is 31.6 Å². The first-order valence-electron chi connectivity index (χ1n) is 13.3. The van der Waals surface area contributed by atoms with E-state index in [1.54, 1.807) is 18.3 Å². The molecule has 0 spiro atoms. The van der Waals surface area contributed by atoms with Crippen molar-refractivity contribution in [1.29, 1.82) is 5.26 Å². The Bertz CT molecular complexity index is 1600. The predicted molar refractivity (Wildman–Crippen MR) is 152 cm³/mol. The maximum atomic E-state index is 13.4. The maximum absolute atomic E-state index is 13.4. The number of morpholine rings is 1. The first-order chi connectivity index (χ1) is 20.5. The van der Waals surface area contributed by atoms with E-state index >= 15 is 0 Å². The van der Waals surface area contributed by atoms with Crippen LogP contribution >= 0.6 is 0 Å². The van der Waals surface area contributed by atoms with Crippen LogP contribution in [0.2, 0.25) is 0 Å². The Hall–Kier alpha value is -5.31. The standard InChI is InChI=1S/C29H28N8O5/c1-41-28-20(4-2-6-31-28)13-32-24-11-26(33-14-22(24)12-30)35-29(40)37-7-3-5-19-10-21(25(17-39)34-27(19)37)15-36-8-9-42-18-23(36)16-38/h2,4,6,10-11,14,17H,3,5,7-9,13,15,18H2,1H3,(H2,32,33,35,40). The molecule has 0 unspecified atom stereocenters. The molecule has 0 radical (unpaired) electrons. The van der Waals surface area contributed by atoms with Crippen LogP contribution in [0.4, 0.5) is 22.1 Å². The Balaban J connectivity index is 1.34. The third-order valence-electron chi connectivity index (χ3n) is 7.01. The van der Waals surface area contributed by atoms with Gasteiger partial charge in [-0.25, -0.2) is 24.5 Å². The highest BCUT2D eigenvalue weighted by Crippen LogP contribution is 2.29. The highest BCUT2D eigenvalue weighted by molar-refractivity contribution is 6.01. The number of hydrogen-bond acceptors (Lipinski definition) is 11. The summed E-state index contributed by atoms with van der Waals surface area (Å²) in [4.78, 5) is 53.0. The van der Waals surface area contributed by atoms with E-state index in [1.165, 1.54) is 18.2 Å². The summed E-state index contributed by atoms with van der Waals surface area (Å²) in [5, 5.41) is 15.6. The van der Waals surface area contributed by atoms with Crippen LogP contribution < -0.4 is 20.3 Å². The Morgan fingerprint density at radius 3 is 2.93 bits per heavy atom. The molecule has 2 N–H and O–H groups in total. The topological polar surface area (TPSA) is 163 Å². The van der Waals surface area contributed by atoms with Crippen molar-refractivity contribution in [2.45, 2.75) is 25.9 Å². The summed E-state index contributed by atoms with van der Waals surface area (Å²) in [5.74, 6) is 3.01. The SMILES string of the molecule is COc1ncccc1CNc1cc(NC(=O)N2CCCc3cc(CN4CCOCC4=C=O)c(C=O)nc32)ncc1C#N. The van der Waals surface area contributed by atoms with Crippen LogP contribution in [0.1, 0.15) is 39.2 Å². The van der Waals surface area contributed by atoms with Gasteiger partial charge in [0.25, 0.3) is 0 Å². The number of ether oxygens (including phenoxy) is 2. The number of aromatic nitrogens is 3. The van der Waals surface area contributed by atoms with Gasteiger partial charge in [-0.1, -0.05) is 6.07 Å². The second-order valence-electron chi connectivity index (χ2n) is 9.59. The lowest BCUT2D eigenvalue weighted by atomic mass is 10.0. The second kappa shape index (κ2) is 12.9. The Labute approximate surface area is 241 Å². The molecule has 3 aromatic rings. The molecule has 1 fully saturated rings. The van der Waals surface area contributed by atoms with Crippen LogP contribution in [0.25, 0.3) is 0 Å². The fourth-order valence-electron chi connectivity index (χ4n) is 4.90. The number of nitrogens with one attached hydrogen (secondary N) is 2. The van der Waals surface area contributed by atoms with E-state index in [0.717, 1.165) is 11.1 Å². The molecule has 0 bridgehead atoms. The smallest absolute Gasteiger partial charge is 0.328 e. The Morgan fingerprint density at radius 2 is 2.14 bits per heavy atom. The van der Waals surface area contributed by atoms with Gasteiger partial charge < -0.3 is 19.7 Å². The zero-order valence-corrected chi connectivity index (χ0v) is 22.9. The average molecular weight is 569 g/mol. The van der Waals surface area contributed by atoms with Crippen molar-refractivity contribution >= 4 is 35.6 Å². The third-order valence-corrected chi connectivity index (χ3v) is 7.01. The van der Waals surface area contributed by atoms with Gasteiger partial charge >= 0.3 is 6.03 Å². The summed E-state index contributed by atoms with van der Waals surface area (Å²) in [6.07, 6.45) is 5.03. The first kappa shape index (κ1) is 28.2. The van der Waals surface area contributed by atoms with Crippen molar-refractivity contribution in [3.63, 3.8) is 0 Å². The van der Waals surface area contributed by atoms with Crippen LogP contribution in [0, 0.1) is 11.3 Å². The number of nitriles is 1. The fraction of sp³-hybridized carbons (Fsp3) is 0.310. The summed E-state index contributed by atoms with van der Waals surface area (Å²) < 4.78 is 10.6. The van der Waals surface area contributed by atoms with Gasteiger partial charge in [0.1, 0.15) is 35.0 Å². The van der Waals surface area contributed by atoms with E-state index in [0.29, 0.717) is 86.1 Å². The number of hydrogen-bond donors (Lipinski definition) is 2. The molecule has 0 aliphatic carbocycles. The number of urea groups is 1. The summed E-state index contributed by atoms with van der Waals surface area (Å²) >= 11 is 0. The minimum Gasteiger partial charge on any atom is -0.481 e. The molecule has 5 rings (SSSR count). The number of pyridine rings is 3. The van der Waals surface area contributed by atoms with Gasteiger partial charge in [-0.3, -0.25) is 15.0 Å².